The normalized spacial score (nSPS) is 14.1. The van der Waals surface area contributed by atoms with Gasteiger partial charge in [-0.25, -0.2) is 4.39 Å². The molecule has 0 aliphatic heterocycles. The molecule has 0 heterocycles. The first-order valence-corrected chi connectivity index (χ1v) is 7.33. The lowest BCUT2D eigenvalue weighted by Gasteiger charge is -2.25. The van der Waals surface area contributed by atoms with Gasteiger partial charge >= 0.3 is 0 Å². The second-order valence-electron chi connectivity index (χ2n) is 5.49. The number of hydrogen-bond donors (Lipinski definition) is 1. The molecule has 0 aliphatic rings. The van der Waals surface area contributed by atoms with E-state index < -0.39 is 5.60 Å². The van der Waals surface area contributed by atoms with E-state index in [1.165, 1.54) is 17.7 Å². The molecule has 0 radical (unpaired) electrons. The standard InChI is InChI=1S/C17H18BrFO/c1-11-4-6-14(8-12(11)2)17(3,20)10-13-5-7-15(19)9-16(13)18/h4-9,20H,10H2,1-3H3. The van der Waals surface area contributed by atoms with Crippen LogP contribution in [0.5, 0.6) is 0 Å². The summed E-state index contributed by atoms with van der Waals surface area (Å²) in [6, 6.07) is 10.5. The fraction of sp³-hybridized carbons (Fsp3) is 0.294. The molecule has 0 fully saturated rings. The van der Waals surface area contributed by atoms with Crippen LogP contribution in [0.3, 0.4) is 0 Å². The van der Waals surface area contributed by atoms with Crippen LogP contribution in [0.1, 0.15) is 29.2 Å². The molecule has 2 aromatic rings. The Kier molecular flexibility index (Phi) is 4.31. The van der Waals surface area contributed by atoms with Crippen molar-refractivity contribution in [1.82, 2.24) is 0 Å². The average molecular weight is 337 g/mol. The number of rotatable bonds is 3. The Bertz CT molecular complexity index is 635. The number of hydrogen-bond acceptors (Lipinski definition) is 1. The van der Waals surface area contributed by atoms with Gasteiger partial charge in [0.05, 0.1) is 5.60 Å². The van der Waals surface area contributed by atoms with Gasteiger partial charge in [0.25, 0.3) is 0 Å². The fourth-order valence-electron chi connectivity index (χ4n) is 2.21. The van der Waals surface area contributed by atoms with Crippen molar-refractivity contribution in [3.8, 4) is 0 Å². The Hall–Kier alpha value is -1.19. The Morgan fingerprint density at radius 3 is 2.40 bits per heavy atom. The zero-order chi connectivity index (χ0) is 14.9. The summed E-state index contributed by atoms with van der Waals surface area (Å²) in [5.74, 6) is -0.286. The van der Waals surface area contributed by atoms with Gasteiger partial charge in [0.1, 0.15) is 5.82 Å². The largest absolute Gasteiger partial charge is 0.385 e. The van der Waals surface area contributed by atoms with Crippen molar-refractivity contribution in [2.24, 2.45) is 0 Å². The van der Waals surface area contributed by atoms with Crippen molar-refractivity contribution in [3.05, 3.63) is 68.9 Å². The highest BCUT2D eigenvalue weighted by Crippen LogP contribution is 2.30. The van der Waals surface area contributed by atoms with Gasteiger partial charge in [0.15, 0.2) is 0 Å². The summed E-state index contributed by atoms with van der Waals surface area (Å²) in [5.41, 5.74) is 3.12. The topological polar surface area (TPSA) is 20.2 Å². The van der Waals surface area contributed by atoms with Crippen LogP contribution in [0.2, 0.25) is 0 Å². The second kappa shape index (κ2) is 5.66. The van der Waals surface area contributed by atoms with Crippen molar-refractivity contribution in [2.75, 3.05) is 0 Å². The minimum atomic E-state index is -0.987. The van der Waals surface area contributed by atoms with Gasteiger partial charge in [-0.15, -0.1) is 0 Å². The number of aryl methyl sites for hydroxylation is 2. The molecule has 2 aromatic carbocycles. The molecule has 0 aliphatic carbocycles. The zero-order valence-corrected chi connectivity index (χ0v) is 13.5. The predicted molar refractivity (Wildman–Crippen MR) is 83.3 cm³/mol. The smallest absolute Gasteiger partial charge is 0.124 e. The molecule has 2 rings (SSSR count). The Morgan fingerprint density at radius 1 is 1.10 bits per heavy atom. The van der Waals surface area contributed by atoms with Gasteiger partial charge in [-0.1, -0.05) is 40.2 Å². The highest BCUT2D eigenvalue weighted by molar-refractivity contribution is 9.10. The van der Waals surface area contributed by atoms with E-state index in [0.717, 1.165) is 16.7 Å². The van der Waals surface area contributed by atoms with Gasteiger partial charge in [0, 0.05) is 10.9 Å². The summed E-state index contributed by atoms with van der Waals surface area (Å²) >= 11 is 3.35. The summed E-state index contributed by atoms with van der Waals surface area (Å²) in [6.07, 6.45) is 0.427. The number of aliphatic hydroxyl groups is 1. The maximum Gasteiger partial charge on any atom is 0.124 e. The lowest BCUT2D eigenvalue weighted by Crippen LogP contribution is -2.24. The predicted octanol–water partition coefficient (Wildman–Crippen LogP) is 4.66. The van der Waals surface area contributed by atoms with Crippen LogP contribution in [-0.4, -0.2) is 5.11 Å². The second-order valence-corrected chi connectivity index (χ2v) is 6.34. The van der Waals surface area contributed by atoms with E-state index in [0.29, 0.717) is 10.9 Å². The maximum absolute atomic E-state index is 13.1. The molecule has 0 bridgehead atoms. The third-order valence-electron chi connectivity index (χ3n) is 3.68. The average Bonchev–Trinajstić information content (AvgIpc) is 2.36. The van der Waals surface area contributed by atoms with E-state index in [1.807, 2.05) is 32.0 Å². The molecule has 0 saturated heterocycles. The van der Waals surface area contributed by atoms with Crippen LogP contribution in [-0.2, 0) is 12.0 Å². The molecule has 3 heteroatoms. The minimum absolute atomic E-state index is 0.286. The molecule has 1 nitrogen and oxygen atoms in total. The third kappa shape index (κ3) is 3.28. The molecule has 0 saturated carbocycles. The number of halogens is 2. The SMILES string of the molecule is Cc1ccc(C(C)(O)Cc2ccc(F)cc2Br)cc1C. The van der Waals surface area contributed by atoms with Crippen LogP contribution in [0.25, 0.3) is 0 Å². The maximum atomic E-state index is 13.1. The van der Waals surface area contributed by atoms with Gasteiger partial charge in [-0.2, -0.15) is 0 Å². The molecule has 1 atom stereocenters. The van der Waals surface area contributed by atoms with Crippen molar-refractivity contribution in [1.29, 1.82) is 0 Å². The third-order valence-corrected chi connectivity index (χ3v) is 4.42. The monoisotopic (exact) mass is 336 g/mol. The van der Waals surface area contributed by atoms with E-state index in [-0.39, 0.29) is 5.82 Å². The van der Waals surface area contributed by atoms with E-state index >= 15 is 0 Å². The molecule has 0 spiro atoms. The van der Waals surface area contributed by atoms with Gasteiger partial charge in [-0.3, -0.25) is 0 Å². The molecule has 0 amide bonds. The first kappa shape index (κ1) is 15.2. The summed E-state index contributed by atoms with van der Waals surface area (Å²) < 4.78 is 13.8. The Labute approximate surface area is 127 Å². The van der Waals surface area contributed by atoms with Crippen LogP contribution >= 0.6 is 15.9 Å². The van der Waals surface area contributed by atoms with Crippen LogP contribution in [0.15, 0.2) is 40.9 Å². The van der Waals surface area contributed by atoms with Crippen molar-refractivity contribution in [2.45, 2.75) is 32.8 Å². The molecule has 0 aromatic heterocycles. The fourth-order valence-corrected chi connectivity index (χ4v) is 2.71. The van der Waals surface area contributed by atoms with Crippen LogP contribution in [0.4, 0.5) is 4.39 Å². The summed E-state index contributed by atoms with van der Waals surface area (Å²) in [4.78, 5) is 0. The minimum Gasteiger partial charge on any atom is -0.385 e. The van der Waals surface area contributed by atoms with Gasteiger partial charge in [-0.05, 0) is 55.2 Å². The molecular weight excluding hydrogens is 319 g/mol. The lowest BCUT2D eigenvalue weighted by molar-refractivity contribution is 0.0573. The van der Waals surface area contributed by atoms with Crippen molar-refractivity contribution >= 4 is 15.9 Å². The van der Waals surface area contributed by atoms with Crippen molar-refractivity contribution < 1.29 is 9.50 Å². The molecule has 1 N–H and O–H groups in total. The Balaban J connectivity index is 2.32. The van der Waals surface area contributed by atoms with E-state index in [1.54, 1.807) is 13.0 Å². The summed E-state index contributed by atoms with van der Waals surface area (Å²) in [5, 5.41) is 10.7. The first-order valence-electron chi connectivity index (χ1n) is 6.53. The lowest BCUT2D eigenvalue weighted by atomic mass is 9.87. The zero-order valence-electron chi connectivity index (χ0n) is 11.9. The highest BCUT2D eigenvalue weighted by atomic mass is 79.9. The highest BCUT2D eigenvalue weighted by Gasteiger charge is 2.25. The molecule has 20 heavy (non-hydrogen) atoms. The van der Waals surface area contributed by atoms with Gasteiger partial charge in [0.2, 0.25) is 0 Å². The molecule has 1 unspecified atom stereocenters. The number of benzene rings is 2. The van der Waals surface area contributed by atoms with Crippen LogP contribution < -0.4 is 0 Å². The van der Waals surface area contributed by atoms with Crippen molar-refractivity contribution in [3.63, 3.8) is 0 Å². The van der Waals surface area contributed by atoms with E-state index in [4.69, 9.17) is 0 Å². The van der Waals surface area contributed by atoms with Crippen LogP contribution in [0, 0.1) is 19.7 Å². The first-order chi connectivity index (χ1) is 9.29. The quantitative estimate of drug-likeness (QED) is 0.864. The summed E-state index contributed by atoms with van der Waals surface area (Å²) in [6.45, 7) is 5.86. The van der Waals surface area contributed by atoms with E-state index in [9.17, 15) is 9.50 Å². The molecular formula is C17H18BrFO. The summed E-state index contributed by atoms with van der Waals surface area (Å²) in [7, 11) is 0. The molecule has 106 valence electrons. The Morgan fingerprint density at radius 2 is 1.80 bits per heavy atom. The van der Waals surface area contributed by atoms with Gasteiger partial charge < -0.3 is 5.11 Å². The van der Waals surface area contributed by atoms with E-state index in [2.05, 4.69) is 15.9 Å².